The fourth-order valence-electron chi connectivity index (χ4n) is 5.38. The van der Waals surface area contributed by atoms with Crippen molar-refractivity contribution in [1.82, 2.24) is 10.2 Å². The Balaban J connectivity index is 1.46. The van der Waals surface area contributed by atoms with Crippen LogP contribution in [0, 0.1) is 0 Å². The Hall–Kier alpha value is -2.41. The molecule has 29 heavy (non-hydrogen) atoms. The summed E-state index contributed by atoms with van der Waals surface area (Å²) in [5, 5.41) is 2.39. The van der Waals surface area contributed by atoms with Gasteiger partial charge in [0.1, 0.15) is 6.04 Å². The second-order valence-electron chi connectivity index (χ2n) is 9.24. The van der Waals surface area contributed by atoms with E-state index in [9.17, 15) is 14.4 Å². The number of benzene rings is 1. The third-order valence-corrected chi connectivity index (χ3v) is 7.04. The van der Waals surface area contributed by atoms with Crippen LogP contribution in [0.25, 0.3) is 0 Å². The van der Waals surface area contributed by atoms with E-state index < -0.39 is 11.5 Å². The van der Waals surface area contributed by atoms with Gasteiger partial charge in [0.2, 0.25) is 17.7 Å². The van der Waals surface area contributed by atoms with Gasteiger partial charge in [-0.05, 0) is 58.3 Å². The zero-order valence-corrected chi connectivity index (χ0v) is 17.1. The molecule has 0 saturated carbocycles. The van der Waals surface area contributed by atoms with Crippen molar-refractivity contribution in [3.63, 3.8) is 0 Å². The number of carbonyl (C=O) groups is 3. The van der Waals surface area contributed by atoms with Crippen molar-refractivity contribution in [2.45, 2.75) is 57.0 Å². The smallest absolute Gasteiger partial charge is 0.249 e. The van der Waals surface area contributed by atoms with Gasteiger partial charge in [0.15, 0.2) is 0 Å². The molecule has 3 saturated heterocycles. The molecule has 0 bridgehead atoms. The molecule has 1 unspecified atom stereocenters. The maximum Gasteiger partial charge on any atom is 0.249 e. The first-order valence-electron chi connectivity index (χ1n) is 10.7. The Bertz CT molecular complexity index is 884. The Kier molecular flexibility index (Phi) is 4.21. The van der Waals surface area contributed by atoms with E-state index in [1.165, 1.54) is 25.9 Å². The summed E-state index contributed by atoms with van der Waals surface area (Å²) in [5.41, 5.74) is 2.23. The van der Waals surface area contributed by atoms with Crippen molar-refractivity contribution < 1.29 is 14.4 Å². The van der Waals surface area contributed by atoms with Gasteiger partial charge in [-0.3, -0.25) is 29.5 Å². The quantitative estimate of drug-likeness (QED) is 0.782. The molecule has 1 atom stereocenters. The van der Waals surface area contributed by atoms with Crippen LogP contribution in [0.2, 0.25) is 0 Å². The Morgan fingerprint density at radius 1 is 1.03 bits per heavy atom. The number of likely N-dealkylation sites (tertiary alicyclic amines) is 1. The van der Waals surface area contributed by atoms with Crippen LogP contribution in [-0.4, -0.2) is 60.9 Å². The molecule has 3 fully saturated rings. The Morgan fingerprint density at radius 3 is 2.41 bits per heavy atom. The number of nitrogens with zero attached hydrogens (tertiary/aromatic N) is 3. The Morgan fingerprint density at radius 2 is 1.72 bits per heavy atom. The van der Waals surface area contributed by atoms with E-state index in [0.717, 1.165) is 30.0 Å². The fraction of sp³-hybridized carbons (Fsp3) is 0.591. The van der Waals surface area contributed by atoms with Gasteiger partial charge in [0, 0.05) is 36.8 Å². The van der Waals surface area contributed by atoms with Crippen LogP contribution in [0.4, 0.5) is 11.4 Å². The number of hydrogen-bond donors (Lipinski definition) is 1. The highest BCUT2D eigenvalue weighted by atomic mass is 16.2. The summed E-state index contributed by atoms with van der Waals surface area (Å²) in [7, 11) is 0. The highest BCUT2D eigenvalue weighted by Gasteiger charge is 2.51. The summed E-state index contributed by atoms with van der Waals surface area (Å²) >= 11 is 0. The molecule has 7 heteroatoms. The number of piperidine rings is 1. The number of amides is 3. The predicted octanol–water partition coefficient (Wildman–Crippen LogP) is 1.40. The number of nitrogens with one attached hydrogen (secondary N) is 1. The van der Waals surface area contributed by atoms with Gasteiger partial charge in [-0.2, -0.15) is 0 Å². The lowest BCUT2D eigenvalue weighted by Gasteiger charge is -2.46. The van der Waals surface area contributed by atoms with Gasteiger partial charge in [-0.25, -0.2) is 0 Å². The van der Waals surface area contributed by atoms with E-state index in [1.54, 1.807) is 4.90 Å². The van der Waals surface area contributed by atoms with Gasteiger partial charge >= 0.3 is 0 Å². The topological polar surface area (TPSA) is 73.0 Å². The van der Waals surface area contributed by atoms with Crippen LogP contribution in [0.3, 0.4) is 0 Å². The van der Waals surface area contributed by atoms with E-state index in [1.807, 2.05) is 26.0 Å². The second kappa shape index (κ2) is 6.55. The third kappa shape index (κ3) is 2.78. The third-order valence-electron chi connectivity index (χ3n) is 7.04. The molecular formula is C22H28N4O3. The van der Waals surface area contributed by atoms with Crippen LogP contribution in [0.5, 0.6) is 0 Å². The molecule has 1 aromatic rings. The van der Waals surface area contributed by atoms with E-state index >= 15 is 0 Å². The maximum atomic E-state index is 13.4. The molecule has 0 radical (unpaired) electrons. The first kappa shape index (κ1) is 18.6. The van der Waals surface area contributed by atoms with Crippen LogP contribution < -0.4 is 15.1 Å². The predicted molar refractivity (Wildman–Crippen MR) is 110 cm³/mol. The molecule has 0 aliphatic carbocycles. The van der Waals surface area contributed by atoms with Gasteiger partial charge in [0.05, 0.1) is 11.1 Å². The van der Waals surface area contributed by atoms with Gasteiger partial charge in [-0.15, -0.1) is 0 Å². The molecule has 0 spiro atoms. The molecule has 1 N–H and O–H groups in total. The molecule has 4 heterocycles. The van der Waals surface area contributed by atoms with Gasteiger partial charge in [0.25, 0.3) is 0 Å². The van der Waals surface area contributed by atoms with Crippen molar-refractivity contribution in [3.05, 3.63) is 23.8 Å². The van der Waals surface area contributed by atoms with E-state index in [2.05, 4.69) is 21.2 Å². The standard InChI is InChI=1S/C22H28N4O3/c1-22(2)19-15(25-12-14(13-25)24-10-3-4-11-24)6-5-7-16(19)26(21(22)29)17-8-9-18(27)23-20(17)28/h5-7,14,17H,3-4,8-13H2,1-2H3,(H,23,27,28). The number of rotatable bonds is 3. The summed E-state index contributed by atoms with van der Waals surface area (Å²) in [6.45, 7) is 8.25. The molecule has 0 aromatic heterocycles. The normalized spacial score (nSPS) is 27.2. The van der Waals surface area contributed by atoms with Crippen molar-refractivity contribution >= 4 is 29.1 Å². The molecule has 154 valence electrons. The summed E-state index contributed by atoms with van der Waals surface area (Å²) in [6.07, 6.45) is 3.22. The summed E-state index contributed by atoms with van der Waals surface area (Å²) < 4.78 is 0. The number of fused-ring (bicyclic) bond motifs is 1. The van der Waals surface area contributed by atoms with E-state index in [0.29, 0.717) is 12.5 Å². The lowest BCUT2D eigenvalue weighted by Crippen LogP contribution is -2.59. The minimum absolute atomic E-state index is 0.0638. The fourth-order valence-corrected chi connectivity index (χ4v) is 5.38. The minimum atomic E-state index is -0.702. The summed E-state index contributed by atoms with van der Waals surface area (Å²) in [4.78, 5) is 44.0. The summed E-state index contributed by atoms with van der Waals surface area (Å²) in [5.74, 6) is -0.701. The molecule has 4 aliphatic heterocycles. The van der Waals surface area contributed by atoms with Crippen LogP contribution in [-0.2, 0) is 19.8 Å². The number of carbonyl (C=O) groups excluding carboxylic acids is 3. The zero-order valence-electron chi connectivity index (χ0n) is 17.1. The van der Waals surface area contributed by atoms with Crippen LogP contribution >= 0.6 is 0 Å². The minimum Gasteiger partial charge on any atom is -0.368 e. The summed E-state index contributed by atoms with van der Waals surface area (Å²) in [6, 6.07) is 5.99. The lowest BCUT2D eigenvalue weighted by molar-refractivity contribution is -0.136. The van der Waals surface area contributed by atoms with Gasteiger partial charge < -0.3 is 4.90 Å². The molecular weight excluding hydrogens is 368 g/mol. The number of imide groups is 1. The molecule has 3 amide bonds. The van der Waals surface area contributed by atoms with Gasteiger partial charge in [-0.1, -0.05) is 6.07 Å². The van der Waals surface area contributed by atoms with Crippen molar-refractivity contribution in [2.24, 2.45) is 0 Å². The largest absolute Gasteiger partial charge is 0.368 e. The van der Waals surface area contributed by atoms with Crippen molar-refractivity contribution in [2.75, 3.05) is 36.0 Å². The van der Waals surface area contributed by atoms with E-state index in [-0.39, 0.29) is 24.1 Å². The average Bonchev–Trinajstić information content (AvgIpc) is 3.22. The first-order chi connectivity index (χ1) is 13.9. The highest BCUT2D eigenvalue weighted by molar-refractivity contribution is 6.14. The lowest BCUT2D eigenvalue weighted by atomic mass is 9.84. The monoisotopic (exact) mass is 396 g/mol. The second-order valence-corrected chi connectivity index (χ2v) is 9.24. The number of hydrogen-bond acceptors (Lipinski definition) is 5. The van der Waals surface area contributed by atoms with Crippen LogP contribution in [0.1, 0.15) is 45.1 Å². The molecule has 1 aromatic carbocycles. The average molecular weight is 396 g/mol. The molecule has 4 aliphatic rings. The van der Waals surface area contributed by atoms with E-state index in [4.69, 9.17) is 0 Å². The molecule has 5 rings (SSSR count). The van der Waals surface area contributed by atoms with Crippen LogP contribution in [0.15, 0.2) is 18.2 Å². The van der Waals surface area contributed by atoms with Crippen molar-refractivity contribution in [1.29, 1.82) is 0 Å². The number of anilines is 2. The SMILES string of the molecule is CC1(C)C(=O)N(C2CCC(=O)NC2=O)c2cccc(N3CC(N4CCCC4)C3)c21. The van der Waals surface area contributed by atoms with Crippen molar-refractivity contribution in [3.8, 4) is 0 Å². The highest BCUT2D eigenvalue weighted by Crippen LogP contribution is 2.49. The molecule has 7 nitrogen and oxygen atoms in total. The Labute approximate surface area is 171 Å². The maximum absolute atomic E-state index is 13.4. The zero-order chi connectivity index (χ0) is 20.3. The first-order valence-corrected chi connectivity index (χ1v) is 10.7.